The van der Waals surface area contributed by atoms with Gasteiger partial charge in [-0.2, -0.15) is 0 Å². The molecule has 0 radical (unpaired) electrons. The first-order chi connectivity index (χ1) is 9.47. The number of carbonyl (C=O) groups is 1. The maximum atomic E-state index is 12.2. The highest BCUT2D eigenvalue weighted by Crippen LogP contribution is 2.14. The van der Waals surface area contributed by atoms with Gasteiger partial charge in [-0.05, 0) is 62.1 Å². The van der Waals surface area contributed by atoms with Crippen LogP contribution < -0.4 is 0 Å². The summed E-state index contributed by atoms with van der Waals surface area (Å²) in [7, 11) is 0. The van der Waals surface area contributed by atoms with Crippen LogP contribution in [0.15, 0.2) is 42.5 Å². The van der Waals surface area contributed by atoms with Gasteiger partial charge in [-0.15, -0.1) is 0 Å². The Morgan fingerprint density at radius 1 is 0.850 bits per heavy atom. The normalized spacial score (nSPS) is 11.0. The van der Waals surface area contributed by atoms with Crippen molar-refractivity contribution in [3.05, 3.63) is 75.9 Å². The molecule has 1 nitrogen and oxygen atoms in total. The molecule has 0 amide bonds. The van der Waals surface area contributed by atoms with E-state index >= 15 is 0 Å². The SMILES string of the molecule is Cc1ccc(/C=C/C(=O)c2ccc(C)c(C)c2)c(C)c1. The molecular formula is C19H20O. The van der Waals surface area contributed by atoms with Gasteiger partial charge < -0.3 is 0 Å². The minimum atomic E-state index is 0.0491. The van der Waals surface area contributed by atoms with E-state index in [1.165, 1.54) is 16.7 Å². The third-order valence-corrected chi connectivity index (χ3v) is 3.63. The number of carbonyl (C=O) groups excluding carboxylic acids is 1. The predicted octanol–water partition coefficient (Wildman–Crippen LogP) is 4.82. The van der Waals surface area contributed by atoms with Crippen LogP contribution in [0.25, 0.3) is 6.08 Å². The smallest absolute Gasteiger partial charge is 0.185 e. The second kappa shape index (κ2) is 5.87. The molecule has 2 aromatic rings. The zero-order chi connectivity index (χ0) is 14.7. The summed E-state index contributed by atoms with van der Waals surface area (Å²) >= 11 is 0. The number of benzene rings is 2. The average molecular weight is 264 g/mol. The Balaban J connectivity index is 2.22. The van der Waals surface area contributed by atoms with E-state index in [-0.39, 0.29) is 5.78 Å². The highest BCUT2D eigenvalue weighted by molar-refractivity contribution is 6.07. The van der Waals surface area contributed by atoms with Gasteiger partial charge >= 0.3 is 0 Å². The van der Waals surface area contributed by atoms with E-state index in [0.717, 1.165) is 16.7 Å². The number of rotatable bonds is 3. The lowest BCUT2D eigenvalue weighted by Crippen LogP contribution is -1.96. The minimum Gasteiger partial charge on any atom is -0.289 e. The van der Waals surface area contributed by atoms with Crippen molar-refractivity contribution in [2.24, 2.45) is 0 Å². The van der Waals surface area contributed by atoms with Crippen LogP contribution in [0.3, 0.4) is 0 Å². The second-order valence-corrected chi connectivity index (χ2v) is 5.36. The molecule has 0 atom stereocenters. The maximum Gasteiger partial charge on any atom is 0.185 e. The second-order valence-electron chi connectivity index (χ2n) is 5.36. The molecule has 2 rings (SSSR count). The number of aryl methyl sites for hydroxylation is 4. The van der Waals surface area contributed by atoms with Crippen LogP contribution in [0, 0.1) is 27.7 Å². The zero-order valence-corrected chi connectivity index (χ0v) is 12.5. The predicted molar refractivity (Wildman–Crippen MR) is 85.2 cm³/mol. The molecule has 0 N–H and O–H groups in total. The fourth-order valence-electron chi connectivity index (χ4n) is 2.17. The van der Waals surface area contributed by atoms with Gasteiger partial charge in [0.25, 0.3) is 0 Å². The summed E-state index contributed by atoms with van der Waals surface area (Å²) in [5.74, 6) is 0.0491. The Kier molecular flexibility index (Phi) is 4.19. The molecule has 0 unspecified atom stereocenters. The van der Waals surface area contributed by atoms with E-state index in [2.05, 4.69) is 39.0 Å². The Hall–Kier alpha value is -2.15. The van der Waals surface area contributed by atoms with Gasteiger partial charge in [0.2, 0.25) is 0 Å². The monoisotopic (exact) mass is 264 g/mol. The fraction of sp³-hybridized carbons (Fsp3) is 0.211. The van der Waals surface area contributed by atoms with Gasteiger partial charge in [0.1, 0.15) is 0 Å². The van der Waals surface area contributed by atoms with Crippen LogP contribution in [0.1, 0.15) is 38.2 Å². The topological polar surface area (TPSA) is 17.1 Å². The van der Waals surface area contributed by atoms with Crippen molar-refractivity contribution in [1.29, 1.82) is 0 Å². The molecule has 0 saturated carbocycles. The standard InChI is InChI=1S/C19H20O/c1-13-5-7-17(16(4)11-13)9-10-19(20)18-8-6-14(2)15(3)12-18/h5-12H,1-4H3/b10-9+. The van der Waals surface area contributed by atoms with Crippen molar-refractivity contribution in [3.8, 4) is 0 Å². The number of allylic oxidation sites excluding steroid dienone is 1. The molecule has 0 saturated heterocycles. The van der Waals surface area contributed by atoms with Crippen LogP contribution in [0.2, 0.25) is 0 Å². The molecule has 0 heterocycles. The van der Waals surface area contributed by atoms with Crippen molar-refractivity contribution < 1.29 is 4.79 Å². The van der Waals surface area contributed by atoms with Crippen molar-refractivity contribution >= 4 is 11.9 Å². The zero-order valence-electron chi connectivity index (χ0n) is 12.5. The largest absolute Gasteiger partial charge is 0.289 e. The third kappa shape index (κ3) is 3.24. The number of ketones is 1. The van der Waals surface area contributed by atoms with Crippen molar-refractivity contribution in [2.45, 2.75) is 27.7 Å². The first-order valence-electron chi connectivity index (χ1n) is 6.84. The molecule has 1 heteroatoms. The van der Waals surface area contributed by atoms with E-state index in [1.54, 1.807) is 6.08 Å². The molecule has 0 aromatic heterocycles. The Morgan fingerprint density at radius 3 is 2.25 bits per heavy atom. The van der Waals surface area contributed by atoms with E-state index in [1.807, 2.05) is 31.2 Å². The number of hydrogen-bond donors (Lipinski definition) is 0. The van der Waals surface area contributed by atoms with Crippen molar-refractivity contribution in [1.82, 2.24) is 0 Å². The Morgan fingerprint density at radius 2 is 1.60 bits per heavy atom. The van der Waals surface area contributed by atoms with Crippen LogP contribution in [-0.2, 0) is 0 Å². The lowest BCUT2D eigenvalue weighted by atomic mass is 10.0. The van der Waals surface area contributed by atoms with E-state index < -0.39 is 0 Å². The van der Waals surface area contributed by atoms with Gasteiger partial charge in [0, 0.05) is 5.56 Å². The van der Waals surface area contributed by atoms with Crippen LogP contribution >= 0.6 is 0 Å². The molecule has 0 spiro atoms. The summed E-state index contributed by atoms with van der Waals surface area (Å²) in [5, 5.41) is 0. The summed E-state index contributed by atoms with van der Waals surface area (Å²) in [6, 6.07) is 12.1. The molecule has 20 heavy (non-hydrogen) atoms. The summed E-state index contributed by atoms with van der Waals surface area (Å²) in [6.07, 6.45) is 3.55. The lowest BCUT2D eigenvalue weighted by Gasteiger charge is -2.03. The Bertz CT molecular complexity index is 678. The molecule has 102 valence electrons. The Labute approximate surface area is 121 Å². The molecule has 0 aliphatic rings. The lowest BCUT2D eigenvalue weighted by molar-refractivity contribution is 0.104. The fourth-order valence-corrected chi connectivity index (χ4v) is 2.17. The van der Waals surface area contributed by atoms with E-state index in [4.69, 9.17) is 0 Å². The highest BCUT2D eigenvalue weighted by Gasteiger charge is 2.03. The molecule has 0 fully saturated rings. The summed E-state index contributed by atoms with van der Waals surface area (Å²) < 4.78 is 0. The quantitative estimate of drug-likeness (QED) is 0.574. The van der Waals surface area contributed by atoms with E-state index in [9.17, 15) is 4.79 Å². The molecule has 0 bridgehead atoms. The van der Waals surface area contributed by atoms with Crippen molar-refractivity contribution in [2.75, 3.05) is 0 Å². The summed E-state index contributed by atoms with van der Waals surface area (Å²) in [4.78, 5) is 12.2. The minimum absolute atomic E-state index is 0.0491. The van der Waals surface area contributed by atoms with Gasteiger partial charge in [-0.25, -0.2) is 0 Å². The summed E-state index contributed by atoms with van der Waals surface area (Å²) in [6.45, 7) is 8.21. The maximum absolute atomic E-state index is 12.2. The first kappa shape index (κ1) is 14.3. The molecule has 2 aromatic carbocycles. The van der Waals surface area contributed by atoms with Crippen LogP contribution in [0.5, 0.6) is 0 Å². The average Bonchev–Trinajstić information content (AvgIpc) is 2.40. The number of hydrogen-bond acceptors (Lipinski definition) is 1. The first-order valence-corrected chi connectivity index (χ1v) is 6.84. The molecular weight excluding hydrogens is 244 g/mol. The van der Waals surface area contributed by atoms with Crippen LogP contribution in [-0.4, -0.2) is 5.78 Å². The van der Waals surface area contributed by atoms with Crippen LogP contribution in [0.4, 0.5) is 0 Å². The van der Waals surface area contributed by atoms with Crippen molar-refractivity contribution in [3.63, 3.8) is 0 Å². The van der Waals surface area contributed by atoms with Gasteiger partial charge in [0.15, 0.2) is 5.78 Å². The molecule has 0 aliphatic carbocycles. The van der Waals surface area contributed by atoms with Gasteiger partial charge in [-0.1, -0.05) is 42.0 Å². The third-order valence-electron chi connectivity index (χ3n) is 3.63. The van der Waals surface area contributed by atoms with Gasteiger partial charge in [0.05, 0.1) is 0 Å². The highest BCUT2D eigenvalue weighted by atomic mass is 16.1. The van der Waals surface area contributed by atoms with E-state index in [0.29, 0.717) is 0 Å². The summed E-state index contributed by atoms with van der Waals surface area (Å²) in [5.41, 5.74) is 6.62. The van der Waals surface area contributed by atoms with Gasteiger partial charge in [-0.3, -0.25) is 4.79 Å². The molecule has 0 aliphatic heterocycles.